The minimum Gasteiger partial charge on any atom is -0.392 e. The van der Waals surface area contributed by atoms with Gasteiger partial charge >= 0.3 is 0 Å². The second kappa shape index (κ2) is 4.61. The van der Waals surface area contributed by atoms with Crippen LogP contribution in [0.25, 0.3) is 0 Å². The highest BCUT2D eigenvalue weighted by Crippen LogP contribution is 2.29. The second-order valence-electron chi connectivity index (χ2n) is 2.26. The fraction of sp³-hybridized carbons (Fsp3) is 0.286. The van der Waals surface area contributed by atoms with Gasteiger partial charge in [-0.15, -0.1) is 0 Å². The monoisotopic (exact) mass is 363 g/mol. The van der Waals surface area contributed by atoms with E-state index < -0.39 is 6.43 Å². The van der Waals surface area contributed by atoms with Gasteiger partial charge in [-0.2, -0.15) is 0 Å². The zero-order valence-electron chi connectivity index (χ0n) is 6.27. The summed E-state index contributed by atoms with van der Waals surface area (Å²) in [7, 11) is 0. The number of hydrogen-bond donors (Lipinski definition) is 1. The van der Waals surface area contributed by atoms with Crippen LogP contribution in [0.1, 0.15) is 17.7 Å². The molecule has 2 nitrogen and oxygen atoms in total. The first-order valence-electron chi connectivity index (χ1n) is 3.30. The molecular formula is C7H5BrF2INO. The quantitative estimate of drug-likeness (QED) is 0.647. The standard InChI is InChI=1S/C7H5BrF2INO/c8-5-3(2-13)1-4(11)12-6(5)7(9)10/h1,7,13H,2H2. The number of aliphatic hydroxyl groups excluding tert-OH is 1. The van der Waals surface area contributed by atoms with Gasteiger partial charge < -0.3 is 5.11 Å². The van der Waals surface area contributed by atoms with Crippen LogP contribution >= 0.6 is 38.5 Å². The van der Waals surface area contributed by atoms with Crippen LogP contribution in [0.3, 0.4) is 0 Å². The maximum atomic E-state index is 12.3. The summed E-state index contributed by atoms with van der Waals surface area (Å²) in [6, 6.07) is 1.55. The Bertz CT molecular complexity index is 322. The molecule has 0 aromatic carbocycles. The lowest BCUT2D eigenvalue weighted by Gasteiger charge is -2.07. The predicted octanol–water partition coefficient (Wildman–Crippen LogP) is 2.88. The number of rotatable bonds is 2. The van der Waals surface area contributed by atoms with Gasteiger partial charge in [-0.05, 0) is 50.2 Å². The van der Waals surface area contributed by atoms with Crippen molar-refractivity contribution in [3.63, 3.8) is 0 Å². The maximum Gasteiger partial charge on any atom is 0.281 e. The third-order valence-corrected chi connectivity index (χ3v) is 2.87. The Balaban J connectivity index is 3.27. The molecule has 13 heavy (non-hydrogen) atoms. The van der Waals surface area contributed by atoms with Crippen molar-refractivity contribution in [2.45, 2.75) is 13.0 Å². The fourth-order valence-electron chi connectivity index (χ4n) is 0.828. The number of nitrogens with zero attached hydrogens (tertiary/aromatic N) is 1. The second-order valence-corrected chi connectivity index (χ2v) is 4.16. The van der Waals surface area contributed by atoms with Crippen LogP contribution in [-0.2, 0) is 6.61 Å². The molecule has 1 heterocycles. The number of aromatic nitrogens is 1. The van der Waals surface area contributed by atoms with Crippen LogP contribution in [0, 0.1) is 3.70 Å². The molecule has 0 bridgehead atoms. The molecular weight excluding hydrogens is 359 g/mol. The van der Waals surface area contributed by atoms with E-state index in [1.165, 1.54) is 0 Å². The minimum atomic E-state index is -2.63. The van der Waals surface area contributed by atoms with E-state index in [9.17, 15) is 8.78 Å². The smallest absolute Gasteiger partial charge is 0.281 e. The molecule has 0 amide bonds. The van der Waals surface area contributed by atoms with Gasteiger partial charge in [0.25, 0.3) is 6.43 Å². The first-order valence-corrected chi connectivity index (χ1v) is 5.17. The highest BCUT2D eigenvalue weighted by molar-refractivity contribution is 14.1. The van der Waals surface area contributed by atoms with Gasteiger partial charge in [0.1, 0.15) is 9.39 Å². The number of hydrogen-bond acceptors (Lipinski definition) is 2. The number of halogens is 4. The molecule has 1 N–H and O–H groups in total. The molecule has 1 aromatic rings. The summed E-state index contributed by atoms with van der Waals surface area (Å²) in [5.41, 5.74) is 0.102. The molecule has 6 heteroatoms. The van der Waals surface area contributed by atoms with Crippen molar-refractivity contribution in [2.75, 3.05) is 0 Å². The van der Waals surface area contributed by atoms with E-state index in [1.807, 2.05) is 22.6 Å². The van der Waals surface area contributed by atoms with Crippen molar-refractivity contribution in [2.24, 2.45) is 0 Å². The largest absolute Gasteiger partial charge is 0.392 e. The van der Waals surface area contributed by atoms with Gasteiger partial charge in [-0.25, -0.2) is 13.8 Å². The zero-order valence-corrected chi connectivity index (χ0v) is 10.0. The van der Waals surface area contributed by atoms with Crippen LogP contribution in [0.4, 0.5) is 8.78 Å². The molecule has 72 valence electrons. The summed E-state index contributed by atoms with van der Waals surface area (Å²) in [5, 5.41) is 8.84. The van der Waals surface area contributed by atoms with Crippen molar-refractivity contribution < 1.29 is 13.9 Å². The molecule has 0 aliphatic carbocycles. The molecule has 1 aromatic heterocycles. The lowest BCUT2D eigenvalue weighted by molar-refractivity contribution is 0.144. The van der Waals surface area contributed by atoms with Gasteiger partial charge in [-0.3, -0.25) is 0 Å². The zero-order chi connectivity index (χ0) is 10.0. The van der Waals surface area contributed by atoms with Crippen molar-refractivity contribution >= 4 is 38.5 Å². The number of aliphatic hydroxyl groups is 1. The van der Waals surface area contributed by atoms with Crippen LogP contribution in [0.5, 0.6) is 0 Å². The Morgan fingerprint density at radius 1 is 1.62 bits per heavy atom. The molecule has 0 aliphatic rings. The van der Waals surface area contributed by atoms with Crippen molar-refractivity contribution in [3.8, 4) is 0 Å². The molecule has 0 atom stereocenters. The summed E-state index contributed by atoms with van der Waals surface area (Å²) < 4.78 is 25.3. The van der Waals surface area contributed by atoms with Crippen molar-refractivity contribution in [1.82, 2.24) is 4.98 Å². The SMILES string of the molecule is OCc1cc(I)nc(C(F)F)c1Br. The van der Waals surface area contributed by atoms with Crippen LogP contribution in [-0.4, -0.2) is 10.1 Å². The average Bonchev–Trinajstić information content (AvgIpc) is 2.08. The summed E-state index contributed by atoms with van der Waals surface area (Å²) in [6.45, 7) is -0.279. The Morgan fingerprint density at radius 3 is 2.69 bits per heavy atom. The van der Waals surface area contributed by atoms with E-state index in [2.05, 4.69) is 20.9 Å². The molecule has 0 spiro atoms. The fourth-order valence-corrected chi connectivity index (χ4v) is 1.97. The summed E-state index contributed by atoms with van der Waals surface area (Å²) >= 11 is 4.80. The van der Waals surface area contributed by atoms with Gasteiger partial charge in [0.2, 0.25) is 0 Å². The average molecular weight is 364 g/mol. The van der Waals surface area contributed by atoms with E-state index in [-0.39, 0.29) is 16.8 Å². The van der Waals surface area contributed by atoms with E-state index in [4.69, 9.17) is 5.11 Å². The first-order chi connectivity index (χ1) is 6.06. The van der Waals surface area contributed by atoms with Gasteiger partial charge in [0.05, 0.1) is 11.1 Å². The first kappa shape index (κ1) is 11.3. The lowest BCUT2D eigenvalue weighted by atomic mass is 10.2. The maximum absolute atomic E-state index is 12.3. The number of pyridine rings is 1. The van der Waals surface area contributed by atoms with Crippen molar-refractivity contribution in [1.29, 1.82) is 0 Å². The highest BCUT2D eigenvalue weighted by atomic mass is 127. The normalized spacial score (nSPS) is 10.9. The van der Waals surface area contributed by atoms with Crippen LogP contribution < -0.4 is 0 Å². The Hall–Kier alpha value is 0.180. The topological polar surface area (TPSA) is 33.1 Å². The summed E-state index contributed by atoms with van der Waals surface area (Å²) in [6.07, 6.45) is -2.63. The third kappa shape index (κ3) is 2.57. The molecule has 0 saturated carbocycles. The van der Waals surface area contributed by atoms with Gasteiger partial charge in [-0.1, -0.05) is 0 Å². The molecule has 0 unspecified atom stereocenters. The highest BCUT2D eigenvalue weighted by Gasteiger charge is 2.17. The molecule has 0 radical (unpaired) electrons. The third-order valence-electron chi connectivity index (χ3n) is 1.40. The molecule has 0 saturated heterocycles. The van der Waals surface area contributed by atoms with E-state index in [0.29, 0.717) is 9.26 Å². The van der Waals surface area contributed by atoms with Gasteiger partial charge in [0, 0.05) is 0 Å². The number of alkyl halides is 2. The molecule has 0 aliphatic heterocycles. The summed E-state index contributed by atoms with van der Waals surface area (Å²) in [5.74, 6) is 0. The molecule has 1 rings (SSSR count). The predicted molar refractivity (Wildman–Crippen MR) is 55.5 cm³/mol. The summed E-state index contributed by atoms with van der Waals surface area (Å²) in [4.78, 5) is 3.66. The van der Waals surface area contributed by atoms with Crippen molar-refractivity contribution in [3.05, 3.63) is 25.5 Å². The lowest BCUT2D eigenvalue weighted by Crippen LogP contribution is -1.99. The Kier molecular flexibility index (Phi) is 3.99. The van der Waals surface area contributed by atoms with Gasteiger partial charge in [0.15, 0.2) is 0 Å². The Labute approximate surface area is 95.6 Å². The van der Waals surface area contributed by atoms with Crippen LogP contribution in [0.2, 0.25) is 0 Å². The Morgan fingerprint density at radius 2 is 2.23 bits per heavy atom. The van der Waals surface area contributed by atoms with E-state index in [0.717, 1.165) is 0 Å². The minimum absolute atomic E-state index is 0.186. The van der Waals surface area contributed by atoms with Crippen LogP contribution in [0.15, 0.2) is 10.5 Å². The van der Waals surface area contributed by atoms with E-state index in [1.54, 1.807) is 6.07 Å². The van der Waals surface area contributed by atoms with E-state index >= 15 is 0 Å². The molecule has 0 fully saturated rings.